The van der Waals surface area contributed by atoms with Crippen LogP contribution in [0.4, 0.5) is 13.2 Å². The largest absolute Gasteiger partial charge is 0.416 e. The molecule has 1 unspecified atom stereocenters. The lowest BCUT2D eigenvalue weighted by molar-refractivity contribution is -0.137. The first-order valence-corrected chi connectivity index (χ1v) is 7.12. The van der Waals surface area contributed by atoms with Crippen LogP contribution in [-0.2, 0) is 19.0 Å². The first-order valence-electron chi connectivity index (χ1n) is 5.93. The van der Waals surface area contributed by atoms with Gasteiger partial charge in [0.2, 0.25) is 0 Å². The Balaban J connectivity index is 2.02. The van der Waals surface area contributed by atoms with Gasteiger partial charge in [-0.1, -0.05) is 29.8 Å². The molecule has 0 aliphatic heterocycles. The van der Waals surface area contributed by atoms with Crippen LogP contribution in [0.15, 0.2) is 36.4 Å². The van der Waals surface area contributed by atoms with Crippen molar-refractivity contribution in [2.45, 2.75) is 25.1 Å². The smallest absolute Gasteiger partial charge is 0.392 e. The second-order valence-electron chi connectivity index (χ2n) is 4.47. The zero-order valence-electron chi connectivity index (χ0n) is 10.3. The maximum absolute atomic E-state index is 12.6. The number of rotatable bonds is 4. The molecule has 0 aliphatic carbocycles. The fraction of sp³-hybridized carbons (Fsp3) is 0.286. The number of aliphatic hydroxyl groups excluding tert-OH is 1. The van der Waals surface area contributed by atoms with E-state index in [0.29, 0.717) is 16.3 Å². The van der Waals surface area contributed by atoms with Gasteiger partial charge in [0.15, 0.2) is 0 Å². The van der Waals surface area contributed by atoms with Crippen molar-refractivity contribution in [2.24, 2.45) is 0 Å². The lowest BCUT2D eigenvalue weighted by atomic mass is 10.0. The number of thiophene rings is 1. The van der Waals surface area contributed by atoms with E-state index in [-0.39, 0.29) is 6.42 Å². The third-order valence-corrected chi connectivity index (χ3v) is 4.04. The van der Waals surface area contributed by atoms with E-state index in [4.69, 9.17) is 11.6 Å². The van der Waals surface area contributed by atoms with Gasteiger partial charge in [-0.15, -0.1) is 11.3 Å². The van der Waals surface area contributed by atoms with Crippen LogP contribution in [0.3, 0.4) is 0 Å². The second-order valence-corrected chi connectivity index (χ2v) is 6.27. The van der Waals surface area contributed by atoms with E-state index in [1.165, 1.54) is 17.4 Å². The van der Waals surface area contributed by atoms with Crippen molar-refractivity contribution < 1.29 is 18.3 Å². The molecule has 0 saturated heterocycles. The molecule has 108 valence electrons. The Bertz CT molecular complexity index is 580. The molecule has 1 atom stereocenters. The molecule has 1 nitrogen and oxygen atoms in total. The van der Waals surface area contributed by atoms with Crippen molar-refractivity contribution >= 4 is 22.9 Å². The monoisotopic (exact) mass is 320 g/mol. The summed E-state index contributed by atoms with van der Waals surface area (Å²) in [7, 11) is 0. The molecule has 0 saturated carbocycles. The van der Waals surface area contributed by atoms with Gasteiger partial charge in [0.25, 0.3) is 0 Å². The summed E-state index contributed by atoms with van der Waals surface area (Å²) in [6.45, 7) is 0. The summed E-state index contributed by atoms with van der Waals surface area (Å²) in [6, 6.07) is 8.58. The second kappa shape index (κ2) is 6.16. The van der Waals surface area contributed by atoms with Gasteiger partial charge < -0.3 is 5.11 Å². The summed E-state index contributed by atoms with van der Waals surface area (Å²) < 4.78 is 38.4. The van der Waals surface area contributed by atoms with Crippen LogP contribution in [-0.4, -0.2) is 11.2 Å². The van der Waals surface area contributed by atoms with Crippen molar-refractivity contribution in [1.29, 1.82) is 0 Å². The third kappa shape index (κ3) is 4.23. The highest BCUT2D eigenvalue weighted by atomic mass is 35.5. The van der Waals surface area contributed by atoms with Crippen LogP contribution >= 0.6 is 22.9 Å². The van der Waals surface area contributed by atoms with Gasteiger partial charge in [-0.3, -0.25) is 0 Å². The summed E-state index contributed by atoms with van der Waals surface area (Å²) in [6.07, 6.45) is -4.52. The van der Waals surface area contributed by atoms with Gasteiger partial charge >= 0.3 is 6.18 Å². The molecule has 0 amide bonds. The highest BCUT2D eigenvalue weighted by molar-refractivity contribution is 7.16. The Morgan fingerprint density at radius 1 is 1.15 bits per heavy atom. The van der Waals surface area contributed by atoms with Crippen LogP contribution in [0.25, 0.3) is 0 Å². The standard InChI is InChI=1S/C14H12ClF3OS/c15-13-5-4-12(20-13)8-11(19)7-9-2-1-3-10(6-9)14(16,17)18/h1-6,11,19H,7-8H2. The van der Waals surface area contributed by atoms with E-state index < -0.39 is 17.8 Å². The van der Waals surface area contributed by atoms with Crippen LogP contribution in [0.2, 0.25) is 4.34 Å². The SMILES string of the molecule is OC(Cc1cccc(C(F)(F)F)c1)Cc1ccc(Cl)s1. The number of alkyl halides is 3. The molecule has 1 aromatic heterocycles. The number of hydrogen-bond acceptors (Lipinski definition) is 2. The minimum atomic E-state index is -4.36. The summed E-state index contributed by atoms with van der Waals surface area (Å²) in [5, 5.41) is 9.94. The molecule has 1 N–H and O–H groups in total. The van der Waals surface area contributed by atoms with Crippen molar-refractivity contribution in [1.82, 2.24) is 0 Å². The van der Waals surface area contributed by atoms with E-state index in [1.807, 2.05) is 6.07 Å². The topological polar surface area (TPSA) is 20.2 Å². The van der Waals surface area contributed by atoms with E-state index in [9.17, 15) is 18.3 Å². The number of benzene rings is 1. The van der Waals surface area contributed by atoms with Crippen molar-refractivity contribution in [3.05, 3.63) is 56.7 Å². The summed E-state index contributed by atoms with van der Waals surface area (Å²) in [5.41, 5.74) is -0.226. The van der Waals surface area contributed by atoms with Crippen LogP contribution < -0.4 is 0 Å². The highest BCUT2D eigenvalue weighted by Gasteiger charge is 2.30. The van der Waals surface area contributed by atoms with E-state index in [0.717, 1.165) is 17.0 Å². The van der Waals surface area contributed by atoms with Crippen molar-refractivity contribution in [2.75, 3.05) is 0 Å². The predicted octanol–water partition coefficient (Wildman–Crippen LogP) is 4.57. The average Bonchev–Trinajstić information content (AvgIpc) is 2.73. The number of halogens is 4. The lowest BCUT2D eigenvalue weighted by Gasteiger charge is -2.12. The Labute approximate surface area is 123 Å². The minimum Gasteiger partial charge on any atom is -0.392 e. The summed E-state index contributed by atoms with van der Waals surface area (Å²) in [5.74, 6) is 0. The van der Waals surface area contributed by atoms with E-state index in [2.05, 4.69) is 0 Å². The molecule has 6 heteroatoms. The van der Waals surface area contributed by atoms with Crippen LogP contribution in [0.5, 0.6) is 0 Å². The zero-order valence-corrected chi connectivity index (χ0v) is 11.9. The first kappa shape index (κ1) is 15.4. The molecule has 0 spiro atoms. The molecule has 0 aliphatic rings. The van der Waals surface area contributed by atoms with E-state index in [1.54, 1.807) is 12.1 Å². The summed E-state index contributed by atoms with van der Waals surface area (Å²) >= 11 is 7.15. The molecule has 0 fully saturated rings. The van der Waals surface area contributed by atoms with Gasteiger partial charge in [0.1, 0.15) is 0 Å². The van der Waals surface area contributed by atoms with Gasteiger partial charge in [-0.25, -0.2) is 0 Å². The normalized spacial score (nSPS) is 13.4. The van der Waals surface area contributed by atoms with Crippen molar-refractivity contribution in [3.8, 4) is 0 Å². The summed E-state index contributed by atoms with van der Waals surface area (Å²) in [4.78, 5) is 0.912. The third-order valence-electron chi connectivity index (χ3n) is 2.79. The Morgan fingerprint density at radius 3 is 2.50 bits per heavy atom. The molecule has 0 bridgehead atoms. The molecular formula is C14H12ClF3OS. The van der Waals surface area contributed by atoms with Gasteiger partial charge in [-0.05, 0) is 30.2 Å². The maximum atomic E-state index is 12.6. The molecule has 20 heavy (non-hydrogen) atoms. The van der Waals surface area contributed by atoms with E-state index >= 15 is 0 Å². The molecule has 0 radical (unpaired) electrons. The number of hydrogen-bond donors (Lipinski definition) is 1. The van der Waals surface area contributed by atoms with Crippen LogP contribution in [0, 0.1) is 0 Å². The fourth-order valence-corrected chi connectivity index (χ4v) is 3.07. The zero-order chi connectivity index (χ0) is 14.8. The van der Waals surface area contributed by atoms with Crippen molar-refractivity contribution in [3.63, 3.8) is 0 Å². The average molecular weight is 321 g/mol. The fourth-order valence-electron chi connectivity index (χ4n) is 1.91. The quantitative estimate of drug-likeness (QED) is 0.875. The Kier molecular flexibility index (Phi) is 4.73. The Morgan fingerprint density at radius 2 is 1.90 bits per heavy atom. The predicted molar refractivity (Wildman–Crippen MR) is 74.2 cm³/mol. The first-order chi connectivity index (χ1) is 9.34. The van der Waals surface area contributed by atoms with Gasteiger partial charge in [0.05, 0.1) is 16.0 Å². The van der Waals surface area contributed by atoms with Crippen LogP contribution in [0.1, 0.15) is 16.0 Å². The van der Waals surface area contributed by atoms with Gasteiger partial charge in [0, 0.05) is 11.3 Å². The highest BCUT2D eigenvalue weighted by Crippen LogP contribution is 2.30. The molecule has 1 aromatic carbocycles. The maximum Gasteiger partial charge on any atom is 0.416 e. The molecular weight excluding hydrogens is 309 g/mol. The Hall–Kier alpha value is -1.04. The number of aliphatic hydroxyl groups is 1. The van der Waals surface area contributed by atoms with Gasteiger partial charge in [-0.2, -0.15) is 13.2 Å². The molecule has 1 heterocycles. The molecule has 2 rings (SSSR count). The molecule has 2 aromatic rings. The lowest BCUT2D eigenvalue weighted by Crippen LogP contribution is -2.14. The minimum absolute atomic E-state index is 0.180.